The maximum Gasteiger partial charge on any atom is 0.259 e. The van der Waals surface area contributed by atoms with E-state index in [1.165, 1.54) is 0 Å². The van der Waals surface area contributed by atoms with Gasteiger partial charge in [0.25, 0.3) is 5.91 Å². The molecule has 33 heavy (non-hydrogen) atoms. The van der Waals surface area contributed by atoms with Crippen molar-refractivity contribution in [2.24, 2.45) is 0 Å². The van der Waals surface area contributed by atoms with E-state index in [9.17, 15) is 4.79 Å². The second-order valence-electron chi connectivity index (χ2n) is 8.42. The minimum Gasteiger partial charge on any atom is -0.493 e. The third-order valence-corrected chi connectivity index (χ3v) is 5.85. The highest BCUT2D eigenvalue weighted by Crippen LogP contribution is 2.27. The zero-order chi connectivity index (χ0) is 23.0. The third-order valence-electron chi connectivity index (χ3n) is 5.85. The second kappa shape index (κ2) is 11.4. The van der Waals surface area contributed by atoms with Crippen LogP contribution >= 0.6 is 0 Å². The molecule has 1 saturated heterocycles. The van der Waals surface area contributed by atoms with Crippen molar-refractivity contribution in [3.05, 3.63) is 41.6 Å². The highest BCUT2D eigenvalue weighted by Gasteiger charge is 2.23. The molecule has 178 valence electrons. The van der Waals surface area contributed by atoms with Crippen LogP contribution in [0.2, 0.25) is 0 Å². The van der Waals surface area contributed by atoms with E-state index in [-0.39, 0.29) is 11.9 Å². The first-order valence-corrected chi connectivity index (χ1v) is 11.6. The van der Waals surface area contributed by atoms with E-state index in [2.05, 4.69) is 20.2 Å². The van der Waals surface area contributed by atoms with Crippen molar-refractivity contribution in [2.75, 3.05) is 69.9 Å². The molecule has 4 rings (SSSR count). The average Bonchev–Trinajstić information content (AvgIpc) is 3.30. The van der Waals surface area contributed by atoms with Crippen LogP contribution < -0.4 is 15.0 Å². The minimum absolute atomic E-state index is 0.0485. The van der Waals surface area contributed by atoms with Gasteiger partial charge in [-0.2, -0.15) is 4.98 Å². The van der Waals surface area contributed by atoms with E-state index in [1.807, 2.05) is 25.1 Å². The average molecular weight is 456 g/mol. The van der Waals surface area contributed by atoms with Crippen LogP contribution in [0, 0.1) is 0 Å². The summed E-state index contributed by atoms with van der Waals surface area (Å²) in [4.78, 5) is 26.7. The summed E-state index contributed by atoms with van der Waals surface area (Å²) in [5.41, 5.74) is 1.72. The van der Waals surface area contributed by atoms with Crippen LogP contribution in [0.3, 0.4) is 0 Å². The number of aromatic nitrogens is 2. The Balaban J connectivity index is 1.52. The van der Waals surface area contributed by atoms with Crippen LogP contribution in [-0.4, -0.2) is 86.5 Å². The van der Waals surface area contributed by atoms with E-state index in [4.69, 9.17) is 14.2 Å². The zero-order valence-electron chi connectivity index (χ0n) is 19.5. The van der Waals surface area contributed by atoms with Gasteiger partial charge in [-0.25, -0.2) is 4.98 Å². The number of anilines is 2. The van der Waals surface area contributed by atoms with Crippen molar-refractivity contribution >= 4 is 17.7 Å². The summed E-state index contributed by atoms with van der Waals surface area (Å²) in [6, 6.07) is 7.51. The van der Waals surface area contributed by atoms with Crippen LogP contribution in [0.4, 0.5) is 11.8 Å². The largest absolute Gasteiger partial charge is 0.493 e. The number of hydrogen-bond donors (Lipinski definition) is 1. The first kappa shape index (κ1) is 23.4. The third kappa shape index (κ3) is 6.19. The van der Waals surface area contributed by atoms with Gasteiger partial charge in [0, 0.05) is 57.5 Å². The lowest BCUT2D eigenvalue weighted by Crippen LogP contribution is -2.39. The maximum absolute atomic E-state index is 13.6. The fourth-order valence-corrected chi connectivity index (χ4v) is 4.15. The topological polar surface area (TPSA) is 89.1 Å². The molecule has 2 aliphatic rings. The standard InChI is InChI=1S/C24H33N5O4/c1-18(17-31-2)26-24-25-8-6-22(27-24)29(10-3-9-28-11-14-32-15-12-28)23(30)20-4-5-21-19(16-20)7-13-33-21/h4-6,8,16,18H,3,7,9-15,17H2,1-2H3,(H,25,26,27)/t18-/m0/s1. The lowest BCUT2D eigenvalue weighted by Gasteiger charge is -2.28. The van der Waals surface area contributed by atoms with Gasteiger partial charge in [-0.15, -0.1) is 0 Å². The van der Waals surface area contributed by atoms with E-state index >= 15 is 0 Å². The second-order valence-corrected chi connectivity index (χ2v) is 8.42. The van der Waals surface area contributed by atoms with Crippen LogP contribution in [0.25, 0.3) is 0 Å². The molecule has 0 spiro atoms. The summed E-state index contributed by atoms with van der Waals surface area (Å²) in [5, 5.41) is 3.23. The maximum atomic E-state index is 13.6. The molecule has 0 radical (unpaired) electrons. The molecule has 1 aromatic heterocycles. The summed E-state index contributed by atoms with van der Waals surface area (Å²) in [6.45, 7) is 8.05. The van der Waals surface area contributed by atoms with Crippen molar-refractivity contribution in [3.8, 4) is 5.75 Å². The van der Waals surface area contributed by atoms with Gasteiger partial charge in [0.1, 0.15) is 11.6 Å². The predicted molar refractivity (Wildman–Crippen MR) is 126 cm³/mol. The van der Waals surface area contributed by atoms with Crippen molar-refractivity contribution in [2.45, 2.75) is 25.8 Å². The monoisotopic (exact) mass is 455 g/mol. The Labute approximate surface area is 195 Å². The van der Waals surface area contributed by atoms with Crippen molar-refractivity contribution < 1.29 is 19.0 Å². The molecular formula is C24H33N5O4. The zero-order valence-corrected chi connectivity index (χ0v) is 19.5. The first-order valence-electron chi connectivity index (χ1n) is 11.6. The number of ether oxygens (including phenoxy) is 3. The molecule has 9 nitrogen and oxygen atoms in total. The van der Waals surface area contributed by atoms with Gasteiger partial charge in [0.2, 0.25) is 5.95 Å². The summed E-state index contributed by atoms with van der Waals surface area (Å²) in [5.74, 6) is 1.86. The number of hydrogen-bond acceptors (Lipinski definition) is 8. The Bertz CT molecular complexity index is 935. The number of morpholine rings is 1. The summed E-state index contributed by atoms with van der Waals surface area (Å²) < 4.78 is 16.2. The van der Waals surface area contributed by atoms with Crippen LogP contribution in [0.1, 0.15) is 29.3 Å². The summed E-state index contributed by atoms with van der Waals surface area (Å²) in [6.07, 6.45) is 3.35. The number of rotatable bonds is 10. The van der Waals surface area contributed by atoms with Crippen LogP contribution in [-0.2, 0) is 15.9 Å². The number of amides is 1. The predicted octanol–water partition coefficient (Wildman–Crippen LogP) is 2.23. The highest BCUT2D eigenvalue weighted by atomic mass is 16.5. The fraction of sp³-hybridized carbons (Fsp3) is 0.542. The minimum atomic E-state index is -0.0683. The van der Waals surface area contributed by atoms with E-state index in [1.54, 1.807) is 24.3 Å². The molecule has 0 aliphatic carbocycles. The molecule has 1 aromatic carbocycles. The molecule has 3 heterocycles. The molecule has 2 aromatic rings. The number of fused-ring (bicyclic) bond motifs is 1. The van der Waals surface area contributed by atoms with Gasteiger partial charge in [-0.1, -0.05) is 0 Å². The Kier molecular flexibility index (Phi) is 8.09. The smallest absolute Gasteiger partial charge is 0.259 e. The van der Waals surface area contributed by atoms with Gasteiger partial charge in [0.05, 0.1) is 26.4 Å². The van der Waals surface area contributed by atoms with Gasteiger partial charge in [-0.3, -0.25) is 14.6 Å². The first-order chi connectivity index (χ1) is 16.1. The molecular weight excluding hydrogens is 422 g/mol. The number of nitrogens with one attached hydrogen (secondary N) is 1. The molecule has 9 heteroatoms. The summed E-state index contributed by atoms with van der Waals surface area (Å²) >= 11 is 0. The Hall–Kier alpha value is -2.75. The number of carbonyl (C=O) groups excluding carboxylic acids is 1. The van der Waals surface area contributed by atoms with Crippen LogP contribution in [0.5, 0.6) is 5.75 Å². The van der Waals surface area contributed by atoms with Crippen molar-refractivity contribution in [1.29, 1.82) is 0 Å². The highest BCUT2D eigenvalue weighted by molar-refractivity contribution is 6.05. The lowest BCUT2D eigenvalue weighted by atomic mass is 10.1. The quantitative estimate of drug-likeness (QED) is 0.584. The van der Waals surface area contributed by atoms with E-state index in [0.29, 0.717) is 37.1 Å². The number of methoxy groups -OCH3 is 1. The van der Waals surface area contributed by atoms with E-state index in [0.717, 1.165) is 57.0 Å². The molecule has 1 N–H and O–H groups in total. The van der Waals surface area contributed by atoms with Gasteiger partial charge >= 0.3 is 0 Å². The summed E-state index contributed by atoms with van der Waals surface area (Å²) in [7, 11) is 1.66. The number of carbonyl (C=O) groups is 1. The Morgan fingerprint density at radius 1 is 1.27 bits per heavy atom. The van der Waals surface area contributed by atoms with Gasteiger partial charge in [-0.05, 0) is 43.2 Å². The molecule has 1 amide bonds. The molecule has 0 bridgehead atoms. The van der Waals surface area contributed by atoms with E-state index < -0.39 is 0 Å². The van der Waals surface area contributed by atoms with Gasteiger partial charge < -0.3 is 19.5 Å². The number of nitrogens with zero attached hydrogens (tertiary/aromatic N) is 4. The molecule has 0 unspecified atom stereocenters. The normalized spacial score (nSPS) is 16.7. The molecule has 2 aliphatic heterocycles. The molecule has 0 saturated carbocycles. The fourth-order valence-electron chi connectivity index (χ4n) is 4.15. The van der Waals surface area contributed by atoms with Crippen LogP contribution in [0.15, 0.2) is 30.5 Å². The lowest BCUT2D eigenvalue weighted by molar-refractivity contribution is 0.0376. The number of benzene rings is 1. The Morgan fingerprint density at radius 3 is 2.94 bits per heavy atom. The SMILES string of the molecule is COC[C@H](C)Nc1nccc(N(CCCN2CCOCC2)C(=O)c2ccc3c(c2)CCO3)n1. The van der Waals surface area contributed by atoms with Gasteiger partial charge in [0.15, 0.2) is 0 Å². The Morgan fingerprint density at radius 2 is 2.12 bits per heavy atom. The molecule has 1 fully saturated rings. The van der Waals surface area contributed by atoms with Crippen molar-refractivity contribution in [1.82, 2.24) is 14.9 Å². The molecule has 1 atom stereocenters. The van der Waals surface area contributed by atoms with Crippen molar-refractivity contribution in [3.63, 3.8) is 0 Å².